The molecule has 0 fully saturated rings. The minimum Gasteiger partial charge on any atom is -0.355 e. The summed E-state index contributed by atoms with van der Waals surface area (Å²) in [6.45, 7) is 5.92. The summed E-state index contributed by atoms with van der Waals surface area (Å²) in [4.78, 5) is 4.21. The quantitative estimate of drug-likeness (QED) is 0.439. The third kappa shape index (κ3) is 7.58. The first-order valence-corrected chi connectivity index (χ1v) is 7.72. The highest BCUT2D eigenvalue weighted by Crippen LogP contribution is 2.19. The Hall–Kier alpha value is -0.940. The molecule has 1 aromatic carbocycles. The van der Waals surface area contributed by atoms with Crippen LogP contribution < -0.4 is 10.6 Å². The molecule has 0 radical (unpaired) electrons. The number of rotatable bonds is 5. The van der Waals surface area contributed by atoms with Gasteiger partial charge in [-0.1, -0.05) is 12.1 Å². The molecule has 116 valence electrons. The highest BCUT2D eigenvalue weighted by atomic mass is 127. The van der Waals surface area contributed by atoms with E-state index >= 15 is 0 Å². The molecule has 0 aliphatic carbocycles. The van der Waals surface area contributed by atoms with E-state index in [1.54, 1.807) is 7.05 Å². The second kappa shape index (κ2) is 9.90. The molecule has 21 heavy (non-hydrogen) atoms. The summed E-state index contributed by atoms with van der Waals surface area (Å²) >= 11 is 1.82. The first-order valence-electron chi connectivity index (χ1n) is 6.49. The monoisotopic (exact) mass is 418 g/mol. The van der Waals surface area contributed by atoms with Crippen molar-refractivity contribution in [3.8, 4) is 6.07 Å². The van der Waals surface area contributed by atoms with E-state index in [0.717, 1.165) is 18.1 Å². The minimum atomic E-state index is 0. The Bertz CT molecular complexity index is 491. The fourth-order valence-corrected chi connectivity index (χ4v) is 1.69. The molecule has 2 N–H and O–H groups in total. The summed E-state index contributed by atoms with van der Waals surface area (Å²) < 4.78 is 0.173. The number of hydrogen-bond acceptors (Lipinski definition) is 3. The SMILES string of the molecule is CN=C(NCc1ccc(C#N)cc1)NCC(C)(C)SC.I. The van der Waals surface area contributed by atoms with Gasteiger partial charge in [0.05, 0.1) is 11.6 Å². The van der Waals surface area contributed by atoms with Gasteiger partial charge in [-0.05, 0) is 37.8 Å². The van der Waals surface area contributed by atoms with Crippen LogP contribution in [0.3, 0.4) is 0 Å². The van der Waals surface area contributed by atoms with E-state index in [1.165, 1.54) is 0 Å². The fourth-order valence-electron chi connectivity index (χ4n) is 1.47. The van der Waals surface area contributed by atoms with Crippen molar-refractivity contribution in [3.05, 3.63) is 35.4 Å². The first-order chi connectivity index (χ1) is 9.50. The Morgan fingerprint density at radius 2 is 1.90 bits per heavy atom. The van der Waals surface area contributed by atoms with Gasteiger partial charge < -0.3 is 10.6 Å². The van der Waals surface area contributed by atoms with E-state index in [-0.39, 0.29) is 28.7 Å². The number of halogens is 1. The van der Waals surface area contributed by atoms with Crippen LogP contribution in [0.5, 0.6) is 0 Å². The Morgan fingerprint density at radius 1 is 1.29 bits per heavy atom. The van der Waals surface area contributed by atoms with Crippen LogP contribution in [0.2, 0.25) is 0 Å². The third-order valence-corrected chi connectivity index (χ3v) is 4.25. The van der Waals surface area contributed by atoms with Crippen LogP contribution in [0.4, 0.5) is 0 Å². The molecular formula is C15H23IN4S. The molecule has 0 spiro atoms. The molecular weight excluding hydrogens is 395 g/mol. The lowest BCUT2D eigenvalue weighted by atomic mass is 10.1. The van der Waals surface area contributed by atoms with Crippen molar-refractivity contribution >= 4 is 41.7 Å². The predicted octanol–water partition coefficient (Wildman–Crippen LogP) is 2.98. The van der Waals surface area contributed by atoms with Gasteiger partial charge in [-0.25, -0.2) is 0 Å². The van der Waals surface area contributed by atoms with Gasteiger partial charge in [0.2, 0.25) is 0 Å². The normalized spacial score (nSPS) is 11.3. The molecule has 0 unspecified atom stereocenters. The van der Waals surface area contributed by atoms with Gasteiger partial charge in [0, 0.05) is 24.9 Å². The average Bonchev–Trinajstić information content (AvgIpc) is 2.48. The highest BCUT2D eigenvalue weighted by molar-refractivity contribution is 14.0. The van der Waals surface area contributed by atoms with Crippen LogP contribution in [-0.2, 0) is 6.54 Å². The van der Waals surface area contributed by atoms with Gasteiger partial charge in [0.25, 0.3) is 0 Å². The summed E-state index contributed by atoms with van der Waals surface area (Å²) in [5.74, 6) is 0.788. The lowest BCUT2D eigenvalue weighted by molar-refractivity contribution is 0.664. The van der Waals surface area contributed by atoms with E-state index < -0.39 is 0 Å². The van der Waals surface area contributed by atoms with Crippen molar-refractivity contribution in [2.75, 3.05) is 19.8 Å². The lowest BCUT2D eigenvalue weighted by Gasteiger charge is -2.23. The number of guanidine groups is 1. The van der Waals surface area contributed by atoms with Gasteiger partial charge in [-0.2, -0.15) is 17.0 Å². The number of thioether (sulfide) groups is 1. The van der Waals surface area contributed by atoms with Gasteiger partial charge in [0.15, 0.2) is 5.96 Å². The Balaban J connectivity index is 0.00000400. The zero-order valence-corrected chi connectivity index (χ0v) is 16.1. The Kier molecular flexibility index (Phi) is 9.46. The Labute approximate surface area is 148 Å². The topological polar surface area (TPSA) is 60.2 Å². The molecule has 0 amide bonds. The minimum absolute atomic E-state index is 0. The average molecular weight is 418 g/mol. The van der Waals surface area contributed by atoms with E-state index in [4.69, 9.17) is 5.26 Å². The molecule has 0 bridgehead atoms. The standard InChI is InChI=1S/C15H22N4S.HI/c1-15(2,20-4)11-19-14(17-3)18-10-13-7-5-12(9-16)6-8-13;/h5-8H,10-11H2,1-4H3,(H2,17,18,19);1H. The highest BCUT2D eigenvalue weighted by Gasteiger charge is 2.15. The van der Waals surface area contributed by atoms with E-state index in [2.05, 4.69) is 41.8 Å². The van der Waals surface area contributed by atoms with Crippen molar-refractivity contribution in [2.45, 2.75) is 25.1 Å². The van der Waals surface area contributed by atoms with Crippen LogP contribution in [0, 0.1) is 11.3 Å². The van der Waals surface area contributed by atoms with Gasteiger partial charge in [-0.3, -0.25) is 4.99 Å². The maximum absolute atomic E-state index is 8.76. The molecule has 0 aliphatic heterocycles. The first kappa shape index (κ1) is 20.1. The number of nitrogens with one attached hydrogen (secondary N) is 2. The molecule has 4 nitrogen and oxygen atoms in total. The zero-order chi connectivity index (χ0) is 15.0. The van der Waals surface area contributed by atoms with Crippen molar-refractivity contribution in [1.82, 2.24) is 10.6 Å². The lowest BCUT2D eigenvalue weighted by Crippen LogP contribution is -2.42. The van der Waals surface area contributed by atoms with Crippen LogP contribution in [0.25, 0.3) is 0 Å². The number of aliphatic imine (C=N–C) groups is 1. The summed E-state index contributed by atoms with van der Waals surface area (Å²) in [5, 5.41) is 15.3. The summed E-state index contributed by atoms with van der Waals surface area (Å²) in [6, 6.07) is 9.66. The third-order valence-electron chi connectivity index (χ3n) is 3.00. The maximum atomic E-state index is 8.76. The molecule has 0 saturated carbocycles. The number of hydrogen-bond donors (Lipinski definition) is 2. The number of nitriles is 1. The molecule has 0 saturated heterocycles. The Morgan fingerprint density at radius 3 is 2.38 bits per heavy atom. The van der Waals surface area contributed by atoms with Crippen molar-refractivity contribution < 1.29 is 0 Å². The molecule has 0 aromatic heterocycles. The summed E-state index contributed by atoms with van der Waals surface area (Å²) in [7, 11) is 1.76. The van der Waals surface area contributed by atoms with E-state index in [1.807, 2.05) is 36.0 Å². The van der Waals surface area contributed by atoms with E-state index in [9.17, 15) is 0 Å². The molecule has 1 aromatic rings. The van der Waals surface area contributed by atoms with Crippen LogP contribution in [0.1, 0.15) is 25.0 Å². The second-order valence-electron chi connectivity index (χ2n) is 5.05. The zero-order valence-electron chi connectivity index (χ0n) is 12.9. The van der Waals surface area contributed by atoms with Crippen LogP contribution in [0.15, 0.2) is 29.3 Å². The van der Waals surface area contributed by atoms with Crippen molar-refractivity contribution in [3.63, 3.8) is 0 Å². The molecule has 0 aliphatic rings. The molecule has 1 rings (SSSR count). The van der Waals surface area contributed by atoms with Gasteiger partial charge >= 0.3 is 0 Å². The maximum Gasteiger partial charge on any atom is 0.191 e. The molecule has 0 heterocycles. The molecule has 0 atom stereocenters. The number of nitrogens with zero attached hydrogens (tertiary/aromatic N) is 2. The van der Waals surface area contributed by atoms with Crippen molar-refractivity contribution in [2.24, 2.45) is 4.99 Å². The van der Waals surface area contributed by atoms with Gasteiger partial charge in [0.1, 0.15) is 0 Å². The summed E-state index contributed by atoms with van der Waals surface area (Å²) in [6.07, 6.45) is 2.11. The number of benzene rings is 1. The van der Waals surface area contributed by atoms with Crippen LogP contribution >= 0.6 is 35.7 Å². The van der Waals surface area contributed by atoms with Crippen LogP contribution in [-0.4, -0.2) is 30.6 Å². The van der Waals surface area contributed by atoms with Crippen molar-refractivity contribution in [1.29, 1.82) is 5.26 Å². The largest absolute Gasteiger partial charge is 0.355 e. The second-order valence-corrected chi connectivity index (χ2v) is 6.57. The van der Waals surface area contributed by atoms with E-state index in [0.29, 0.717) is 12.1 Å². The smallest absolute Gasteiger partial charge is 0.191 e. The summed E-state index contributed by atoms with van der Waals surface area (Å²) in [5.41, 5.74) is 1.80. The molecule has 6 heteroatoms. The van der Waals surface area contributed by atoms with Gasteiger partial charge in [-0.15, -0.1) is 24.0 Å². The fraction of sp³-hybridized carbons (Fsp3) is 0.467. The predicted molar refractivity (Wildman–Crippen MR) is 102 cm³/mol.